The lowest BCUT2D eigenvalue weighted by molar-refractivity contribution is -0.139. The van der Waals surface area contributed by atoms with E-state index in [0.717, 1.165) is 19.3 Å². The van der Waals surface area contributed by atoms with E-state index < -0.39 is 17.7 Å². The molecule has 5 heteroatoms. The van der Waals surface area contributed by atoms with Crippen LogP contribution in [0.1, 0.15) is 60.8 Å². The summed E-state index contributed by atoms with van der Waals surface area (Å²) in [5.41, 5.74) is -0.557. The highest BCUT2D eigenvalue weighted by atomic mass is 16.6. The molecule has 0 bridgehead atoms. The highest BCUT2D eigenvalue weighted by Gasteiger charge is 2.32. The van der Waals surface area contributed by atoms with E-state index in [1.54, 1.807) is 27.7 Å². The maximum absolute atomic E-state index is 12.5. The van der Waals surface area contributed by atoms with Gasteiger partial charge in [-0.05, 0) is 60.8 Å². The van der Waals surface area contributed by atoms with Gasteiger partial charge in [0.15, 0.2) is 0 Å². The molecule has 3 unspecified atom stereocenters. The average molecular weight is 284 g/mol. The molecular formula is C15H28N2O3. The molecule has 5 nitrogen and oxygen atoms in total. The largest absolute Gasteiger partial charge is 0.444 e. The lowest BCUT2D eigenvalue weighted by Crippen LogP contribution is -2.55. The minimum atomic E-state index is -0.562. The second-order valence-corrected chi connectivity index (χ2v) is 6.74. The quantitative estimate of drug-likeness (QED) is 0.848. The zero-order valence-corrected chi connectivity index (χ0v) is 13.5. The van der Waals surface area contributed by atoms with Gasteiger partial charge in [0.25, 0.3) is 0 Å². The van der Waals surface area contributed by atoms with Crippen LogP contribution in [0.25, 0.3) is 0 Å². The molecule has 0 aromatic carbocycles. The molecule has 2 amide bonds. The monoisotopic (exact) mass is 284 g/mol. The summed E-state index contributed by atoms with van der Waals surface area (Å²) in [7, 11) is 0. The number of rotatable bonds is 2. The molecule has 0 aromatic rings. The molecule has 0 aromatic heterocycles. The summed E-state index contributed by atoms with van der Waals surface area (Å²) in [6.45, 7) is 11.2. The van der Waals surface area contributed by atoms with Crippen LogP contribution in [0, 0.1) is 0 Å². The van der Waals surface area contributed by atoms with Crippen molar-refractivity contribution in [2.24, 2.45) is 0 Å². The van der Waals surface area contributed by atoms with Gasteiger partial charge in [-0.2, -0.15) is 0 Å². The Balaban J connectivity index is 2.60. The molecule has 1 saturated heterocycles. The second kappa shape index (κ2) is 6.46. The van der Waals surface area contributed by atoms with E-state index in [1.807, 2.05) is 4.90 Å². The van der Waals surface area contributed by atoms with Crippen molar-refractivity contribution in [1.82, 2.24) is 10.2 Å². The van der Waals surface area contributed by atoms with Crippen LogP contribution in [0.15, 0.2) is 0 Å². The van der Waals surface area contributed by atoms with E-state index in [9.17, 15) is 9.59 Å². The Bertz CT molecular complexity index is 353. The van der Waals surface area contributed by atoms with E-state index in [4.69, 9.17) is 4.74 Å². The van der Waals surface area contributed by atoms with Gasteiger partial charge in [-0.3, -0.25) is 4.79 Å². The Labute approximate surface area is 122 Å². The minimum absolute atomic E-state index is 0.0319. The van der Waals surface area contributed by atoms with Crippen molar-refractivity contribution in [2.75, 3.05) is 0 Å². The molecule has 0 radical (unpaired) electrons. The highest BCUT2D eigenvalue weighted by molar-refractivity contribution is 5.85. The van der Waals surface area contributed by atoms with Crippen LogP contribution in [0.4, 0.5) is 4.79 Å². The van der Waals surface area contributed by atoms with Gasteiger partial charge in [0, 0.05) is 12.1 Å². The summed E-state index contributed by atoms with van der Waals surface area (Å²) in [5, 5.41) is 2.62. The summed E-state index contributed by atoms with van der Waals surface area (Å²) in [5.74, 6) is -0.0319. The van der Waals surface area contributed by atoms with Crippen LogP contribution in [-0.2, 0) is 9.53 Å². The number of piperidine rings is 1. The number of likely N-dealkylation sites (tertiary alicyclic amines) is 1. The fourth-order valence-electron chi connectivity index (χ4n) is 2.63. The number of carbonyl (C=O) groups is 2. The van der Waals surface area contributed by atoms with Crippen LogP contribution in [-0.4, -0.2) is 40.6 Å². The summed E-state index contributed by atoms with van der Waals surface area (Å²) in [4.78, 5) is 26.1. The SMILES string of the molecule is CC(NC(=O)OC(C)(C)C)C(=O)N1C(C)CCCC1C. The normalized spacial score (nSPS) is 25.0. The number of nitrogens with one attached hydrogen (secondary N) is 1. The molecule has 1 heterocycles. The maximum Gasteiger partial charge on any atom is 0.408 e. The zero-order chi connectivity index (χ0) is 15.5. The first-order chi connectivity index (χ1) is 9.11. The molecule has 0 aliphatic carbocycles. The van der Waals surface area contributed by atoms with Crippen LogP contribution < -0.4 is 5.32 Å². The lowest BCUT2D eigenvalue weighted by atomic mass is 9.96. The lowest BCUT2D eigenvalue weighted by Gasteiger charge is -2.40. The third-order valence-electron chi connectivity index (χ3n) is 3.55. The number of ether oxygens (including phenoxy) is 1. The van der Waals surface area contributed by atoms with E-state index >= 15 is 0 Å². The van der Waals surface area contributed by atoms with Gasteiger partial charge in [0.1, 0.15) is 11.6 Å². The Kier molecular flexibility index (Phi) is 5.42. The number of alkyl carbamates (subject to hydrolysis) is 1. The first kappa shape index (κ1) is 16.8. The predicted molar refractivity (Wildman–Crippen MR) is 78.5 cm³/mol. The third-order valence-corrected chi connectivity index (χ3v) is 3.55. The van der Waals surface area contributed by atoms with Crippen molar-refractivity contribution in [3.63, 3.8) is 0 Å². The van der Waals surface area contributed by atoms with Gasteiger partial charge in [-0.15, -0.1) is 0 Å². The number of hydrogen-bond donors (Lipinski definition) is 1. The van der Waals surface area contributed by atoms with Gasteiger partial charge >= 0.3 is 6.09 Å². The minimum Gasteiger partial charge on any atom is -0.444 e. The summed E-state index contributed by atoms with van der Waals surface area (Å²) < 4.78 is 5.18. The molecule has 1 aliphatic heterocycles. The van der Waals surface area contributed by atoms with Crippen molar-refractivity contribution in [3.8, 4) is 0 Å². The van der Waals surface area contributed by atoms with Crippen molar-refractivity contribution in [2.45, 2.75) is 84.5 Å². The van der Waals surface area contributed by atoms with Crippen molar-refractivity contribution in [1.29, 1.82) is 0 Å². The number of amides is 2. The first-order valence-corrected chi connectivity index (χ1v) is 7.43. The Morgan fingerprint density at radius 1 is 1.20 bits per heavy atom. The molecule has 0 spiro atoms. The maximum atomic E-state index is 12.5. The van der Waals surface area contributed by atoms with Gasteiger partial charge < -0.3 is 15.0 Å². The first-order valence-electron chi connectivity index (χ1n) is 7.43. The number of carbonyl (C=O) groups excluding carboxylic acids is 2. The van der Waals surface area contributed by atoms with E-state index in [1.165, 1.54) is 0 Å². The fourth-order valence-corrected chi connectivity index (χ4v) is 2.63. The predicted octanol–water partition coefficient (Wildman–Crippen LogP) is 2.69. The second-order valence-electron chi connectivity index (χ2n) is 6.74. The molecule has 20 heavy (non-hydrogen) atoms. The van der Waals surface area contributed by atoms with Gasteiger partial charge in [-0.1, -0.05) is 0 Å². The summed E-state index contributed by atoms with van der Waals surface area (Å²) in [6, 6.07) is -0.101. The van der Waals surface area contributed by atoms with Gasteiger partial charge in [0.05, 0.1) is 0 Å². The molecular weight excluding hydrogens is 256 g/mol. The molecule has 0 saturated carbocycles. The zero-order valence-electron chi connectivity index (χ0n) is 13.5. The van der Waals surface area contributed by atoms with Gasteiger partial charge in [-0.25, -0.2) is 4.79 Å². The van der Waals surface area contributed by atoms with E-state index in [0.29, 0.717) is 0 Å². The smallest absolute Gasteiger partial charge is 0.408 e. The van der Waals surface area contributed by atoms with Crippen LogP contribution in [0.5, 0.6) is 0 Å². The Morgan fingerprint density at radius 3 is 2.15 bits per heavy atom. The van der Waals surface area contributed by atoms with Crippen molar-refractivity contribution in [3.05, 3.63) is 0 Å². The average Bonchev–Trinajstić information content (AvgIpc) is 2.25. The molecule has 3 atom stereocenters. The molecule has 1 rings (SSSR count). The Hall–Kier alpha value is -1.26. The highest BCUT2D eigenvalue weighted by Crippen LogP contribution is 2.23. The summed E-state index contributed by atoms with van der Waals surface area (Å²) in [6.07, 6.45) is 2.65. The van der Waals surface area contributed by atoms with Crippen LogP contribution in [0.2, 0.25) is 0 Å². The number of hydrogen-bond acceptors (Lipinski definition) is 3. The Morgan fingerprint density at radius 2 is 1.70 bits per heavy atom. The molecule has 1 aliphatic rings. The van der Waals surface area contributed by atoms with Gasteiger partial charge in [0.2, 0.25) is 5.91 Å². The third kappa shape index (κ3) is 4.69. The van der Waals surface area contributed by atoms with Crippen molar-refractivity contribution < 1.29 is 14.3 Å². The van der Waals surface area contributed by atoms with E-state index in [-0.39, 0.29) is 18.0 Å². The van der Waals surface area contributed by atoms with Crippen LogP contribution >= 0.6 is 0 Å². The van der Waals surface area contributed by atoms with Crippen molar-refractivity contribution >= 4 is 12.0 Å². The fraction of sp³-hybridized carbons (Fsp3) is 0.867. The van der Waals surface area contributed by atoms with E-state index in [2.05, 4.69) is 19.2 Å². The topological polar surface area (TPSA) is 58.6 Å². The molecule has 116 valence electrons. The molecule has 1 fully saturated rings. The summed E-state index contributed by atoms with van der Waals surface area (Å²) >= 11 is 0. The standard InChI is InChI=1S/C15H28N2O3/c1-10-8-7-9-11(2)17(10)13(18)12(3)16-14(19)20-15(4,5)6/h10-12H,7-9H2,1-6H3,(H,16,19). The number of nitrogens with zero attached hydrogens (tertiary/aromatic N) is 1. The van der Waals surface area contributed by atoms with Crippen LogP contribution in [0.3, 0.4) is 0 Å². The molecule has 1 N–H and O–H groups in total.